The highest BCUT2D eigenvalue weighted by atomic mass is 16.4. The molecule has 0 spiro atoms. The normalized spacial score (nSPS) is 11.4. The van der Waals surface area contributed by atoms with Gasteiger partial charge in [0, 0.05) is 23.7 Å². The number of aliphatic hydroxyl groups excluding tert-OH is 1. The van der Waals surface area contributed by atoms with Crippen molar-refractivity contribution in [2.75, 3.05) is 6.61 Å². The van der Waals surface area contributed by atoms with E-state index in [0.29, 0.717) is 12.0 Å². The largest absolute Gasteiger partial charge is 0.478 e. The number of aromatic carboxylic acids is 1. The second kappa shape index (κ2) is 5.67. The van der Waals surface area contributed by atoms with Crippen LogP contribution in [0.5, 0.6) is 0 Å². The van der Waals surface area contributed by atoms with E-state index < -0.39 is 5.97 Å². The first-order chi connectivity index (χ1) is 9.49. The van der Waals surface area contributed by atoms with Crippen LogP contribution in [0.2, 0.25) is 0 Å². The molecule has 0 saturated heterocycles. The number of aryl methyl sites for hydroxylation is 1. The van der Waals surface area contributed by atoms with Crippen LogP contribution in [-0.2, 0) is 6.42 Å². The van der Waals surface area contributed by atoms with Gasteiger partial charge in [0.15, 0.2) is 0 Å². The van der Waals surface area contributed by atoms with Gasteiger partial charge in [-0.15, -0.1) is 0 Å². The van der Waals surface area contributed by atoms with E-state index in [0.717, 1.165) is 28.6 Å². The van der Waals surface area contributed by atoms with Crippen molar-refractivity contribution in [2.45, 2.75) is 39.7 Å². The first-order valence-corrected chi connectivity index (χ1v) is 6.95. The number of para-hydroxylation sites is 1. The van der Waals surface area contributed by atoms with Crippen LogP contribution in [0.25, 0.3) is 10.9 Å². The molecule has 20 heavy (non-hydrogen) atoms. The lowest BCUT2D eigenvalue weighted by Crippen LogP contribution is -2.07. The van der Waals surface area contributed by atoms with E-state index in [1.165, 1.54) is 0 Å². The number of benzene rings is 1. The summed E-state index contributed by atoms with van der Waals surface area (Å²) in [5.41, 5.74) is 3.37. The molecule has 0 fully saturated rings. The average Bonchev–Trinajstić information content (AvgIpc) is 2.67. The zero-order chi connectivity index (χ0) is 14.9. The molecule has 0 unspecified atom stereocenters. The summed E-state index contributed by atoms with van der Waals surface area (Å²) in [5, 5.41) is 19.5. The highest BCUT2D eigenvalue weighted by Crippen LogP contribution is 2.32. The van der Waals surface area contributed by atoms with Crippen LogP contribution >= 0.6 is 0 Å². The second-order valence-corrected chi connectivity index (χ2v) is 5.36. The third-order valence-electron chi connectivity index (χ3n) is 3.73. The topological polar surface area (TPSA) is 62.5 Å². The number of hydrogen-bond donors (Lipinski definition) is 2. The molecule has 0 aliphatic carbocycles. The molecular formula is C16H21NO3. The summed E-state index contributed by atoms with van der Waals surface area (Å²) in [6, 6.07) is 5.61. The monoisotopic (exact) mass is 275 g/mol. The van der Waals surface area contributed by atoms with Gasteiger partial charge in [0.25, 0.3) is 0 Å². The number of nitrogens with zero attached hydrogens (tertiary/aromatic N) is 1. The predicted molar refractivity (Wildman–Crippen MR) is 79.4 cm³/mol. The number of rotatable bonds is 5. The van der Waals surface area contributed by atoms with E-state index in [1.807, 2.05) is 13.0 Å². The van der Waals surface area contributed by atoms with Gasteiger partial charge in [-0.2, -0.15) is 0 Å². The molecule has 0 amide bonds. The lowest BCUT2D eigenvalue weighted by Gasteiger charge is -2.14. The van der Waals surface area contributed by atoms with Gasteiger partial charge in [0.2, 0.25) is 0 Å². The Kier molecular flexibility index (Phi) is 4.14. The van der Waals surface area contributed by atoms with Crippen molar-refractivity contribution in [3.63, 3.8) is 0 Å². The van der Waals surface area contributed by atoms with Crippen molar-refractivity contribution < 1.29 is 15.0 Å². The average molecular weight is 275 g/mol. The van der Waals surface area contributed by atoms with Gasteiger partial charge in [-0.25, -0.2) is 4.79 Å². The lowest BCUT2D eigenvalue weighted by molar-refractivity contribution is 0.0698. The number of carbonyl (C=O) groups is 1. The van der Waals surface area contributed by atoms with E-state index >= 15 is 0 Å². The number of carboxylic acid groups (broad SMARTS) is 1. The Morgan fingerprint density at radius 1 is 1.35 bits per heavy atom. The molecule has 0 saturated carbocycles. The molecule has 2 aromatic rings. The molecule has 2 N–H and O–H groups in total. The molecule has 0 radical (unpaired) electrons. The first-order valence-electron chi connectivity index (χ1n) is 6.95. The summed E-state index contributed by atoms with van der Waals surface area (Å²) < 4.78 is 2.09. The van der Waals surface area contributed by atoms with Gasteiger partial charge in [-0.05, 0) is 45.2 Å². The maximum atomic E-state index is 11.5. The standard InChI is InChI=1S/C16H21NO3/c1-10(2)17-11(3)12(8-5-9-18)13-6-4-7-14(15(13)17)16(19)20/h4,6-7,10,18H,5,8-9H2,1-3H3,(H,19,20). The van der Waals surface area contributed by atoms with Gasteiger partial charge in [-0.3, -0.25) is 0 Å². The number of aromatic nitrogens is 1. The third-order valence-corrected chi connectivity index (χ3v) is 3.73. The van der Waals surface area contributed by atoms with Crippen LogP contribution in [0.1, 0.15) is 47.9 Å². The Morgan fingerprint density at radius 2 is 2.05 bits per heavy atom. The Bertz CT molecular complexity index is 641. The number of aliphatic hydroxyl groups is 1. The van der Waals surface area contributed by atoms with E-state index in [9.17, 15) is 9.90 Å². The van der Waals surface area contributed by atoms with Gasteiger partial charge in [0.05, 0.1) is 11.1 Å². The van der Waals surface area contributed by atoms with Crippen LogP contribution in [0.4, 0.5) is 0 Å². The quantitative estimate of drug-likeness (QED) is 0.881. The molecule has 1 aromatic carbocycles. The molecule has 4 nitrogen and oxygen atoms in total. The summed E-state index contributed by atoms with van der Waals surface area (Å²) in [7, 11) is 0. The third kappa shape index (κ3) is 2.31. The Morgan fingerprint density at radius 3 is 2.60 bits per heavy atom. The SMILES string of the molecule is Cc1c(CCCO)c2cccc(C(=O)O)c2n1C(C)C. The minimum atomic E-state index is -0.899. The van der Waals surface area contributed by atoms with Crippen molar-refractivity contribution in [1.29, 1.82) is 0 Å². The van der Waals surface area contributed by atoms with Gasteiger partial charge in [0.1, 0.15) is 0 Å². The number of carboxylic acids is 1. The molecule has 0 atom stereocenters. The zero-order valence-electron chi connectivity index (χ0n) is 12.2. The fourth-order valence-electron chi connectivity index (χ4n) is 2.94. The summed E-state index contributed by atoms with van der Waals surface area (Å²) in [6.07, 6.45) is 1.46. The molecular weight excluding hydrogens is 254 g/mol. The highest BCUT2D eigenvalue weighted by Gasteiger charge is 2.20. The molecule has 0 bridgehead atoms. The van der Waals surface area contributed by atoms with Gasteiger partial charge >= 0.3 is 5.97 Å². The second-order valence-electron chi connectivity index (χ2n) is 5.36. The van der Waals surface area contributed by atoms with Crippen molar-refractivity contribution in [3.8, 4) is 0 Å². The minimum Gasteiger partial charge on any atom is -0.478 e. The van der Waals surface area contributed by atoms with Crippen LogP contribution < -0.4 is 0 Å². The van der Waals surface area contributed by atoms with E-state index in [4.69, 9.17) is 5.11 Å². The molecule has 1 aromatic heterocycles. The first kappa shape index (κ1) is 14.6. The number of fused-ring (bicyclic) bond motifs is 1. The van der Waals surface area contributed by atoms with Crippen molar-refractivity contribution in [2.24, 2.45) is 0 Å². The molecule has 0 aliphatic rings. The van der Waals surface area contributed by atoms with Gasteiger partial charge in [-0.1, -0.05) is 12.1 Å². The summed E-state index contributed by atoms with van der Waals surface area (Å²) in [5.74, 6) is -0.899. The summed E-state index contributed by atoms with van der Waals surface area (Å²) in [6.45, 7) is 6.28. The zero-order valence-corrected chi connectivity index (χ0v) is 12.2. The Labute approximate surface area is 118 Å². The van der Waals surface area contributed by atoms with Crippen LogP contribution in [0.3, 0.4) is 0 Å². The minimum absolute atomic E-state index is 0.145. The Hall–Kier alpha value is -1.81. The smallest absolute Gasteiger partial charge is 0.337 e. The molecule has 0 aliphatic heterocycles. The molecule has 2 rings (SSSR count). The number of hydrogen-bond acceptors (Lipinski definition) is 2. The van der Waals surface area contributed by atoms with Crippen molar-refractivity contribution >= 4 is 16.9 Å². The molecule has 108 valence electrons. The molecule has 1 heterocycles. The highest BCUT2D eigenvalue weighted by molar-refractivity contribution is 6.04. The predicted octanol–water partition coefficient (Wildman–Crippen LogP) is 3.15. The maximum absolute atomic E-state index is 11.5. The van der Waals surface area contributed by atoms with Crippen LogP contribution in [0, 0.1) is 6.92 Å². The van der Waals surface area contributed by atoms with Crippen LogP contribution in [0.15, 0.2) is 18.2 Å². The van der Waals surface area contributed by atoms with Crippen LogP contribution in [-0.4, -0.2) is 27.4 Å². The summed E-state index contributed by atoms with van der Waals surface area (Å²) >= 11 is 0. The van der Waals surface area contributed by atoms with Crippen molar-refractivity contribution in [3.05, 3.63) is 35.0 Å². The fraction of sp³-hybridized carbons (Fsp3) is 0.438. The summed E-state index contributed by atoms with van der Waals surface area (Å²) in [4.78, 5) is 11.5. The van der Waals surface area contributed by atoms with Crippen molar-refractivity contribution in [1.82, 2.24) is 4.57 Å². The molecule has 4 heteroatoms. The Balaban J connectivity index is 2.79. The lowest BCUT2D eigenvalue weighted by atomic mass is 10.0. The fourth-order valence-corrected chi connectivity index (χ4v) is 2.94. The maximum Gasteiger partial charge on any atom is 0.337 e. The van der Waals surface area contributed by atoms with E-state index in [2.05, 4.69) is 18.4 Å². The van der Waals surface area contributed by atoms with E-state index in [1.54, 1.807) is 12.1 Å². The van der Waals surface area contributed by atoms with Gasteiger partial charge < -0.3 is 14.8 Å². The van der Waals surface area contributed by atoms with E-state index in [-0.39, 0.29) is 12.6 Å².